The smallest absolute Gasteiger partial charge is 0.273 e. The predicted octanol–water partition coefficient (Wildman–Crippen LogP) is 2.47. The molecule has 0 radical (unpaired) electrons. The fraction of sp³-hybridized carbons (Fsp3) is 0.353. The predicted molar refractivity (Wildman–Crippen MR) is 89.8 cm³/mol. The molecule has 0 saturated carbocycles. The highest BCUT2D eigenvalue weighted by Crippen LogP contribution is 2.19. The van der Waals surface area contributed by atoms with Crippen LogP contribution < -0.4 is 5.32 Å². The normalized spacial score (nSPS) is 10.5. The van der Waals surface area contributed by atoms with Gasteiger partial charge in [0.1, 0.15) is 5.69 Å². The Morgan fingerprint density at radius 1 is 1.26 bits per heavy atom. The zero-order valence-corrected chi connectivity index (χ0v) is 14.2. The van der Waals surface area contributed by atoms with Crippen LogP contribution in [0.2, 0.25) is 0 Å². The minimum atomic E-state index is -0.244. The van der Waals surface area contributed by atoms with E-state index in [4.69, 9.17) is 0 Å². The highest BCUT2D eigenvalue weighted by Gasteiger charge is 2.21. The lowest BCUT2D eigenvalue weighted by molar-refractivity contribution is 0.0816. The molecule has 6 heteroatoms. The summed E-state index contributed by atoms with van der Waals surface area (Å²) >= 11 is 0. The molecule has 0 bridgehead atoms. The fourth-order valence-corrected chi connectivity index (χ4v) is 2.41. The van der Waals surface area contributed by atoms with Crippen LogP contribution in [0.15, 0.2) is 24.4 Å². The van der Waals surface area contributed by atoms with Crippen LogP contribution in [0.3, 0.4) is 0 Å². The number of aryl methyl sites for hydroxylation is 3. The number of hydrogen-bond donors (Lipinski definition) is 1. The van der Waals surface area contributed by atoms with E-state index in [1.165, 1.54) is 11.1 Å². The second-order valence-electron chi connectivity index (χ2n) is 5.69. The molecule has 1 N–H and O–H groups in total. The Morgan fingerprint density at radius 2 is 1.96 bits per heavy atom. The molecule has 1 aromatic heterocycles. The zero-order valence-electron chi connectivity index (χ0n) is 14.2. The van der Waals surface area contributed by atoms with Crippen LogP contribution in [0, 0.1) is 13.8 Å². The fourth-order valence-electron chi connectivity index (χ4n) is 2.41. The summed E-state index contributed by atoms with van der Waals surface area (Å²) in [6, 6.07) is 5.64. The molecular formula is C17H22N4O2. The molecule has 0 atom stereocenters. The molecule has 2 amide bonds. The second-order valence-corrected chi connectivity index (χ2v) is 5.69. The largest absolute Gasteiger partial charge is 0.343 e. The van der Waals surface area contributed by atoms with E-state index in [0.29, 0.717) is 23.5 Å². The van der Waals surface area contributed by atoms with Crippen molar-refractivity contribution in [3.63, 3.8) is 0 Å². The Hall–Kier alpha value is -2.63. The molecule has 0 aliphatic heterocycles. The molecule has 0 spiro atoms. The number of carbonyl (C=O) groups is 2. The van der Waals surface area contributed by atoms with Gasteiger partial charge in [0, 0.05) is 26.2 Å². The summed E-state index contributed by atoms with van der Waals surface area (Å²) in [6.07, 6.45) is 1.52. The van der Waals surface area contributed by atoms with Crippen molar-refractivity contribution in [3.05, 3.63) is 46.8 Å². The quantitative estimate of drug-likeness (QED) is 0.942. The lowest BCUT2D eigenvalue weighted by Crippen LogP contribution is -2.26. The molecule has 122 valence electrons. The Balaban J connectivity index is 2.35. The Labute approximate surface area is 136 Å². The number of nitrogens with zero attached hydrogens (tertiary/aromatic N) is 3. The average molecular weight is 314 g/mol. The summed E-state index contributed by atoms with van der Waals surface area (Å²) in [5, 5.41) is 6.98. The summed E-state index contributed by atoms with van der Waals surface area (Å²) in [4.78, 5) is 26.3. The molecule has 0 unspecified atom stereocenters. The molecule has 0 fully saturated rings. The number of amides is 2. The zero-order chi connectivity index (χ0) is 17.1. The third-order valence-corrected chi connectivity index (χ3v) is 3.62. The van der Waals surface area contributed by atoms with Crippen LogP contribution in [0.25, 0.3) is 0 Å². The Morgan fingerprint density at radius 3 is 2.52 bits per heavy atom. The van der Waals surface area contributed by atoms with Crippen LogP contribution in [-0.4, -0.2) is 40.6 Å². The first-order valence-electron chi connectivity index (χ1n) is 7.51. The molecule has 2 rings (SSSR count). The summed E-state index contributed by atoms with van der Waals surface area (Å²) < 4.78 is 1.58. The van der Waals surface area contributed by atoms with Gasteiger partial charge in [-0.1, -0.05) is 17.7 Å². The molecule has 0 aliphatic rings. The van der Waals surface area contributed by atoms with Gasteiger partial charge in [-0.05, 0) is 32.4 Å². The minimum absolute atomic E-state index is 0.194. The van der Waals surface area contributed by atoms with Crippen LogP contribution in [0.4, 0.5) is 5.69 Å². The van der Waals surface area contributed by atoms with Crippen molar-refractivity contribution in [2.24, 2.45) is 0 Å². The Bertz CT molecular complexity index is 747. The van der Waals surface area contributed by atoms with E-state index in [9.17, 15) is 9.59 Å². The van der Waals surface area contributed by atoms with Crippen molar-refractivity contribution >= 4 is 17.5 Å². The summed E-state index contributed by atoms with van der Waals surface area (Å²) in [7, 11) is 3.34. The van der Waals surface area contributed by atoms with E-state index < -0.39 is 0 Å². The number of anilines is 1. The molecular weight excluding hydrogens is 292 g/mol. The van der Waals surface area contributed by atoms with Gasteiger partial charge in [0.25, 0.3) is 11.8 Å². The number of benzene rings is 1. The SMILES string of the molecule is CCn1ncc(NC(=O)c2ccc(C)cc2C)c1C(=O)N(C)C. The first-order valence-corrected chi connectivity index (χ1v) is 7.51. The summed E-state index contributed by atoms with van der Waals surface area (Å²) in [5.74, 6) is -0.439. The van der Waals surface area contributed by atoms with E-state index in [-0.39, 0.29) is 11.8 Å². The molecule has 6 nitrogen and oxygen atoms in total. The van der Waals surface area contributed by atoms with Gasteiger partial charge >= 0.3 is 0 Å². The van der Waals surface area contributed by atoms with E-state index in [1.807, 2.05) is 32.9 Å². The highest BCUT2D eigenvalue weighted by atomic mass is 16.2. The van der Waals surface area contributed by atoms with Gasteiger partial charge in [0.05, 0.1) is 11.9 Å². The number of carbonyl (C=O) groups excluding carboxylic acids is 2. The van der Waals surface area contributed by atoms with Crippen molar-refractivity contribution < 1.29 is 9.59 Å². The van der Waals surface area contributed by atoms with Crippen molar-refractivity contribution in [2.75, 3.05) is 19.4 Å². The van der Waals surface area contributed by atoms with Crippen molar-refractivity contribution in [1.29, 1.82) is 0 Å². The molecule has 0 aliphatic carbocycles. The molecule has 23 heavy (non-hydrogen) atoms. The summed E-state index contributed by atoms with van der Waals surface area (Å²) in [5.41, 5.74) is 3.39. The van der Waals surface area contributed by atoms with Gasteiger partial charge in [0.2, 0.25) is 0 Å². The lowest BCUT2D eigenvalue weighted by Gasteiger charge is -2.14. The maximum Gasteiger partial charge on any atom is 0.273 e. The van der Waals surface area contributed by atoms with Gasteiger partial charge in [-0.25, -0.2) is 0 Å². The second kappa shape index (κ2) is 6.64. The van der Waals surface area contributed by atoms with Crippen LogP contribution in [0.1, 0.15) is 38.9 Å². The number of aromatic nitrogens is 2. The number of hydrogen-bond acceptors (Lipinski definition) is 3. The van der Waals surface area contributed by atoms with Gasteiger partial charge in [0.15, 0.2) is 0 Å². The van der Waals surface area contributed by atoms with Gasteiger partial charge in [-0.3, -0.25) is 14.3 Å². The lowest BCUT2D eigenvalue weighted by atomic mass is 10.1. The van der Waals surface area contributed by atoms with E-state index in [1.54, 1.807) is 24.8 Å². The molecule has 2 aromatic rings. The van der Waals surface area contributed by atoms with Gasteiger partial charge in [-0.2, -0.15) is 5.10 Å². The number of nitrogens with one attached hydrogen (secondary N) is 1. The van der Waals surface area contributed by atoms with Crippen LogP contribution in [-0.2, 0) is 6.54 Å². The molecule has 1 aromatic carbocycles. The van der Waals surface area contributed by atoms with Gasteiger partial charge < -0.3 is 10.2 Å². The first-order chi connectivity index (χ1) is 10.8. The number of rotatable bonds is 4. The highest BCUT2D eigenvalue weighted by molar-refractivity contribution is 6.08. The average Bonchev–Trinajstić information content (AvgIpc) is 2.88. The third kappa shape index (κ3) is 3.41. The van der Waals surface area contributed by atoms with Crippen LogP contribution in [0.5, 0.6) is 0 Å². The monoisotopic (exact) mass is 314 g/mol. The van der Waals surface area contributed by atoms with E-state index in [0.717, 1.165) is 11.1 Å². The van der Waals surface area contributed by atoms with E-state index >= 15 is 0 Å². The van der Waals surface area contributed by atoms with E-state index in [2.05, 4.69) is 10.4 Å². The molecule has 1 heterocycles. The summed E-state index contributed by atoms with van der Waals surface area (Å²) in [6.45, 7) is 6.32. The van der Waals surface area contributed by atoms with Gasteiger partial charge in [-0.15, -0.1) is 0 Å². The Kier molecular flexibility index (Phi) is 4.83. The maximum atomic E-state index is 12.5. The minimum Gasteiger partial charge on any atom is -0.343 e. The maximum absolute atomic E-state index is 12.5. The standard InChI is InChI=1S/C17H22N4O2/c1-6-21-15(17(23)20(4)5)14(10-18-21)19-16(22)13-8-7-11(2)9-12(13)3/h7-10H,6H2,1-5H3,(H,19,22). The topological polar surface area (TPSA) is 67.2 Å². The van der Waals surface area contributed by atoms with Crippen molar-refractivity contribution in [1.82, 2.24) is 14.7 Å². The van der Waals surface area contributed by atoms with Crippen molar-refractivity contribution in [2.45, 2.75) is 27.3 Å². The van der Waals surface area contributed by atoms with Crippen LogP contribution >= 0.6 is 0 Å². The first kappa shape index (κ1) is 16.7. The van der Waals surface area contributed by atoms with Crippen molar-refractivity contribution in [3.8, 4) is 0 Å². The molecule has 0 saturated heterocycles. The third-order valence-electron chi connectivity index (χ3n) is 3.62.